The number of benzene rings is 1. The Labute approximate surface area is 126 Å². The fraction of sp³-hybridized carbons (Fsp3) is 0.571. The standard InChI is InChI=1S/C14H21ClN2O2S/c1-11(16)10-12-6-8-17(9-7-12)20(18,19)14-4-2-13(15)3-5-14/h2-5,11-12H,6-10,16H2,1H3. The summed E-state index contributed by atoms with van der Waals surface area (Å²) >= 11 is 5.79. The summed E-state index contributed by atoms with van der Waals surface area (Å²) in [5.74, 6) is 0.534. The summed E-state index contributed by atoms with van der Waals surface area (Å²) < 4.78 is 26.5. The topological polar surface area (TPSA) is 63.4 Å². The van der Waals surface area contributed by atoms with Crippen LogP contribution in [0.15, 0.2) is 29.2 Å². The van der Waals surface area contributed by atoms with E-state index in [9.17, 15) is 8.42 Å². The van der Waals surface area contributed by atoms with Crippen LogP contribution in [-0.2, 0) is 10.0 Å². The molecule has 20 heavy (non-hydrogen) atoms. The molecule has 0 spiro atoms. The zero-order valence-corrected chi connectivity index (χ0v) is 13.2. The molecule has 1 heterocycles. The summed E-state index contributed by atoms with van der Waals surface area (Å²) in [4.78, 5) is 0.313. The quantitative estimate of drug-likeness (QED) is 0.928. The molecule has 1 aliphatic heterocycles. The molecule has 1 unspecified atom stereocenters. The maximum atomic E-state index is 12.5. The number of piperidine rings is 1. The molecular weight excluding hydrogens is 296 g/mol. The SMILES string of the molecule is CC(N)CC1CCN(S(=O)(=O)c2ccc(Cl)cc2)CC1. The highest BCUT2D eigenvalue weighted by Crippen LogP contribution is 2.26. The van der Waals surface area contributed by atoms with Crippen molar-refractivity contribution in [2.24, 2.45) is 11.7 Å². The average Bonchev–Trinajstić information content (AvgIpc) is 2.39. The van der Waals surface area contributed by atoms with E-state index in [0.29, 0.717) is 28.9 Å². The maximum Gasteiger partial charge on any atom is 0.243 e. The van der Waals surface area contributed by atoms with E-state index >= 15 is 0 Å². The predicted molar refractivity (Wildman–Crippen MR) is 81.2 cm³/mol. The Kier molecular flexibility index (Phi) is 5.07. The van der Waals surface area contributed by atoms with Gasteiger partial charge in [-0.05, 0) is 56.4 Å². The van der Waals surface area contributed by atoms with Gasteiger partial charge in [0.1, 0.15) is 0 Å². The van der Waals surface area contributed by atoms with Gasteiger partial charge in [0.25, 0.3) is 0 Å². The Morgan fingerprint density at radius 2 is 1.85 bits per heavy atom. The van der Waals surface area contributed by atoms with E-state index in [-0.39, 0.29) is 6.04 Å². The Morgan fingerprint density at radius 1 is 1.30 bits per heavy atom. The van der Waals surface area contributed by atoms with Crippen molar-refractivity contribution in [2.45, 2.75) is 37.1 Å². The second-order valence-electron chi connectivity index (χ2n) is 5.51. The second-order valence-corrected chi connectivity index (χ2v) is 7.89. The van der Waals surface area contributed by atoms with E-state index in [4.69, 9.17) is 17.3 Å². The predicted octanol–water partition coefficient (Wildman–Crippen LogP) is 2.48. The third kappa shape index (κ3) is 3.73. The van der Waals surface area contributed by atoms with Crippen LogP contribution in [0.1, 0.15) is 26.2 Å². The largest absolute Gasteiger partial charge is 0.328 e. The normalized spacial score (nSPS) is 19.9. The number of hydrogen-bond donors (Lipinski definition) is 1. The van der Waals surface area contributed by atoms with E-state index in [1.54, 1.807) is 28.6 Å². The van der Waals surface area contributed by atoms with Crippen LogP contribution >= 0.6 is 11.6 Å². The first-order chi connectivity index (χ1) is 9.39. The third-order valence-corrected chi connectivity index (χ3v) is 5.89. The molecule has 2 N–H and O–H groups in total. The molecule has 0 aliphatic carbocycles. The first kappa shape index (κ1) is 15.8. The first-order valence-electron chi connectivity index (χ1n) is 6.91. The molecule has 1 fully saturated rings. The molecule has 6 heteroatoms. The molecule has 0 amide bonds. The number of rotatable bonds is 4. The van der Waals surface area contributed by atoms with Crippen LogP contribution in [0.3, 0.4) is 0 Å². The van der Waals surface area contributed by atoms with Gasteiger partial charge in [-0.15, -0.1) is 0 Å². The van der Waals surface area contributed by atoms with Crippen molar-refractivity contribution in [1.82, 2.24) is 4.31 Å². The fourth-order valence-electron chi connectivity index (χ4n) is 2.67. The summed E-state index contributed by atoms with van der Waals surface area (Å²) in [5, 5.41) is 0.541. The monoisotopic (exact) mass is 316 g/mol. The van der Waals surface area contributed by atoms with Gasteiger partial charge in [-0.3, -0.25) is 0 Å². The molecule has 4 nitrogen and oxygen atoms in total. The second kappa shape index (κ2) is 6.43. The highest BCUT2D eigenvalue weighted by atomic mass is 35.5. The summed E-state index contributed by atoms with van der Waals surface area (Å²) in [6.45, 7) is 3.14. The molecule has 2 rings (SSSR count). The molecule has 1 aliphatic rings. The molecule has 1 saturated heterocycles. The Hall–Kier alpha value is -0.620. The van der Waals surface area contributed by atoms with Gasteiger partial charge in [0, 0.05) is 24.2 Å². The van der Waals surface area contributed by atoms with Crippen molar-refractivity contribution in [2.75, 3.05) is 13.1 Å². The molecule has 0 bridgehead atoms. The molecule has 0 saturated carbocycles. The van der Waals surface area contributed by atoms with Crippen LogP contribution in [0.2, 0.25) is 5.02 Å². The van der Waals surface area contributed by atoms with Gasteiger partial charge >= 0.3 is 0 Å². The van der Waals surface area contributed by atoms with Gasteiger partial charge in [-0.1, -0.05) is 11.6 Å². The van der Waals surface area contributed by atoms with Crippen LogP contribution in [0, 0.1) is 5.92 Å². The zero-order chi connectivity index (χ0) is 14.8. The van der Waals surface area contributed by atoms with Crippen molar-refractivity contribution in [3.05, 3.63) is 29.3 Å². The minimum atomic E-state index is -3.39. The summed E-state index contributed by atoms with van der Waals surface area (Å²) in [5.41, 5.74) is 5.80. The van der Waals surface area contributed by atoms with E-state index in [2.05, 4.69) is 0 Å². The smallest absolute Gasteiger partial charge is 0.243 e. The minimum absolute atomic E-state index is 0.180. The lowest BCUT2D eigenvalue weighted by atomic mass is 9.92. The van der Waals surface area contributed by atoms with E-state index in [1.165, 1.54) is 0 Å². The Bertz CT molecular complexity index is 535. The number of sulfonamides is 1. The minimum Gasteiger partial charge on any atom is -0.328 e. The molecule has 1 aromatic rings. The van der Waals surface area contributed by atoms with Gasteiger partial charge in [0.05, 0.1) is 4.90 Å². The fourth-order valence-corrected chi connectivity index (χ4v) is 4.26. The lowest BCUT2D eigenvalue weighted by molar-refractivity contribution is 0.256. The zero-order valence-electron chi connectivity index (χ0n) is 11.6. The van der Waals surface area contributed by atoms with E-state index < -0.39 is 10.0 Å². The van der Waals surface area contributed by atoms with Gasteiger partial charge in [0.2, 0.25) is 10.0 Å². The van der Waals surface area contributed by atoms with Gasteiger partial charge in [-0.2, -0.15) is 4.31 Å². The summed E-state index contributed by atoms with van der Waals surface area (Å²) in [7, 11) is -3.39. The van der Waals surface area contributed by atoms with Crippen LogP contribution in [0.4, 0.5) is 0 Å². The van der Waals surface area contributed by atoms with Crippen LogP contribution < -0.4 is 5.73 Å². The van der Waals surface area contributed by atoms with Crippen molar-refractivity contribution < 1.29 is 8.42 Å². The van der Waals surface area contributed by atoms with E-state index in [1.807, 2.05) is 6.92 Å². The third-order valence-electron chi connectivity index (χ3n) is 3.73. The first-order valence-corrected chi connectivity index (χ1v) is 8.72. The molecule has 1 atom stereocenters. The highest BCUT2D eigenvalue weighted by molar-refractivity contribution is 7.89. The molecular formula is C14H21ClN2O2S. The van der Waals surface area contributed by atoms with Crippen LogP contribution in [0.5, 0.6) is 0 Å². The van der Waals surface area contributed by atoms with Crippen LogP contribution in [-0.4, -0.2) is 31.9 Å². The highest BCUT2D eigenvalue weighted by Gasteiger charge is 2.29. The number of nitrogens with two attached hydrogens (primary N) is 1. The van der Waals surface area contributed by atoms with E-state index in [0.717, 1.165) is 19.3 Å². The van der Waals surface area contributed by atoms with Crippen molar-refractivity contribution in [3.63, 3.8) is 0 Å². The van der Waals surface area contributed by atoms with Crippen molar-refractivity contribution in [1.29, 1.82) is 0 Å². The molecule has 0 radical (unpaired) electrons. The Balaban J connectivity index is 2.04. The van der Waals surface area contributed by atoms with Gasteiger partial charge in [0.15, 0.2) is 0 Å². The lowest BCUT2D eigenvalue weighted by Crippen LogP contribution is -2.39. The van der Waals surface area contributed by atoms with Crippen molar-refractivity contribution >= 4 is 21.6 Å². The van der Waals surface area contributed by atoms with Gasteiger partial charge in [-0.25, -0.2) is 8.42 Å². The van der Waals surface area contributed by atoms with Gasteiger partial charge < -0.3 is 5.73 Å². The number of halogens is 1. The van der Waals surface area contributed by atoms with Crippen LogP contribution in [0.25, 0.3) is 0 Å². The maximum absolute atomic E-state index is 12.5. The summed E-state index contributed by atoms with van der Waals surface area (Å²) in [6, 6.07) is 6.52. The Morgan fingerprint density at radius 3 is 2.35 bits per heavy atom. The van der Waals surface area contributed by atoms with Crippen molar-refractivity contribution in [3.8, 4) is 0 Å². The molecule has 0 aromatic heterocycles. The number of nitrogens with zero attached hydrogens (tertiary/aromatic N) is 1. The number of hydrogen-bond acceptors (Lipinski definition) is 3. The molecule has 112 valence electrons. The average molecular weight is 317 g/mol. The summed E-state index contributed by atoms with van der Waals surface area (Å²) in [6.07, 6.45) is 2.73. The molecule has 1 aromatic carbocycles. The lowest BCUT2D eigenvalue weighted by Gasteiger charge is -2.31.